The maximum atomic E-state index is 11.0. The fourth-order valence-corrected chi connectivity index (χ4v) is 4.75. The molecule has 0 heterocycles. The highest BCUT2D eigenvalue weighted by atomic mass is 16.5. The average Bonchev–Trinajstić information content (AvgIpc) is 2.83. The van der Waals surface area contributed by atoms with E-state index in [9.17, 15) is 4.79 Å². The molecule has 0 aliphatic carbocycles. The molecule has 34 heavy (non-hydrogen) atoms. The number of ether oxygens (including phenoxy) is 1. The van der Waals surface area contributed by atoms with Crippen molar-refractivity contribution in [3.8, 4) is 0 Å². The Morgan fingerprint density at radius 3 is 1.50 bits per heavy atom. The van der Waals surface area contributed by atoms with E-state index in [2.05, 4.69) is 42.8 Å². The summed E-state index contributed by atoms with van der Waals surface area (Å²) in [4.78, 5) is 13.5. The smallest absolute Gasteiger partial charge is 0.305 e. The van der Waals surface area contributed by atoms with Crippen LogP contribution in [0.2, 0.25) is 0 Å². The van der Waals surface area contributed by atoms with Crippen LogP contribution in [0.3, 0.4) is 0 Å². The highest BCUT2D eigenvalue weighted by molar-refractivity contribution is 5.68. The molecule has 1 unspecified atom stereocenters. The van der Waals surface area contributed by atoms with E-state index in [4.69, 9.17) is 0 Å². The van der Waals surface area contributed by atoms with Crippen molar-refractivity contribution >= 4 is 5.97 Å². The molecule has 0 amide bonds. The minimum atomic E-state index is -0.0741. The first-order valence-electron chi connectivity index (χ1n) is 15.0. The Hall–Kier alpha value is -0.830. The van der Waals surface area contributed by atoms with Crippen molar-refractivity contribution in [1.82, 2.24) is 4.90 Å². The Morgan fingerprint density at radius 1 is 0.647 bits per heavy atom. The van der Waals surface area contributed by atoms with Crippen LogP contribution in [0.5, 0.6) is 0 Å². The topological polar surface area (TPSA) is 29.5 Å². The summed E-state index contributed by atoms with van der Waals surface area (Å²) in [6.45, 7) is 2.30. The van der Waals surface area contributed by atoms with Gasteiger partial charge in [-0.3, -0.25) is 4.79 Å². The number of esters is 1. The van der Waals surface area contributed by atoms with E-state index >= 15 is 0 Å². The third-order valence-electron chi connectivity index (χ3n) is 7.18. The van der Waals surface area contributed by atoms with Crippen LogP contribution >= 0.6 is 0 Å². The highest BCUT2D eigenvalue weighted by Crippen LogP contribution is 2.17. The molecule has 0 aromatic carbocycles. The van der Waals surface area contributed by atoms with Crippen LogP contribution in [0.15, 0.2) is 12.2 Å². The second kappa shape index (κ2) is 26.8. The Balaban J connectivity index is 3.43. The largest absolute Gasteiger partial charge is 0.469 e. The van der Waals surface area contributed by atoms with E-state index in [1.54, 1.807) is 0 Å². The van der Waals surface area contributed by atoms with Crippen LogP contribution in [0.4, 0.5) is 0 Å². The molecular formula is C31H61NO2. The lowest BCUT2D eigenvalue weighted by Gasteiger charge is -2.24. The zero-order chi connectivity index (χ0) is 25.1. The molecule has 0 aliphatic heterocycles. The van der Waals surface area contributed by atoms with Crippen LogP contribution in [-0.4, -0.2) is 38.1 Å². The second-order valence-corrected chi connectivity index (χ2v) is 10.6. The monoisotopic (exact) mass is 479 g/mol. The summed E-state index contributed by atoms with van der Waals surface area (Å²) in [5.41, 5.74) is 0. The quantitative estimate of drug-likeness (QED) is 0.0702. The predicted molar refractivity (Wildman–Crippen MR) is 150 cm³/mol. The normalized spacial score (nSPS) is 12.6. The molecule has 0 saturated carbocycles. The number of hydrogen-bond acceptors (Lipinski definition) is 3. The van der Waals surface area contributed by atoms with Gasteiger partial charge in [-0.25, -0.2) is 0 Å². The van der Waals surface area contributed by atoms with Crippen molar-refractivity contribution in [3.05, 3.63) is 12.2 Å². The minimum absolute atomic E-state index is 0.0741. The summed E-state index contributed by atoms with van der Waals surface area (Å²) in [5, 5.41) is 0. The number of rotatable bonds is 26. The van der Waals surface area contributed by atoms with Crippen LogP contribution in [0, 0.1) is 0 Å². The standard InChI is InChI=1S/C31H61NO2/c1-5-6-7-8-18-21-24-27-30(32(2)3)28-25-22-19-16-14-12-10-9-11-13-15-17-20-23-26-29-31(33)34-4/h9,11,30H,5-8,10,12-29H2,1-4H3/b11-9-. The number of nitrogens with zero attached hydrogens (tertiary/aromatic N) is 1. The molecule has 3 heteroatoms. The number of unbranched alkanes of at least 4 members (excludes halogenated alkanes) is 17. The first-order valence-corrected chi connectivity index (χ1v) is 15.0. The molecule has 0 radical (unpaired) electrons. The summed E-state index contributed by atoms with van der Waals surface area (Å²) in [5.74, 6) is -0.0741. The fourth-order valence-electron chi connectivity index (χ4n) is 4.75. The third-order valence-corrected chi connectivity index (χ3v) is 7.18. The van der Waals surface area contributed by atoms with Gasteiger partial charge in [-0.15, -0.1) is 0 Å². The Bertz CT molecular complexity index is 447. The average molecular weight is 480 g/mol. The lowest BCUT2D eigenvalue weighted by Crippen LogP contribution is -2.27. The molecular weight excluding hydrogens is 418 g/mol. The van der Waals surface area contributed by atoms with Crippen molar-refractivity contribution in [2.24, 2.45) is 0 Å². The summed E-state index contributed by atoms with van der Waals surface area (Å²) < 4.78 is 4.67. The molecule has 0 N–H and O–H groups in total. The van der Waals surface area contributed by atoms with Gasteiger partial charge in [-0.05, 0) is 59.0 Å². The first-order chi connectivity index (χ1) is 16.6. The summed E-state index contributed by atoms with van der Waals surface area (Å²) >= 11 is 0. The zero-order valence-electron chi connectivity index (χ0n) is 23.8. The van der Waals surface area contributed by atoms with E-state index in [0.717, 1.165) is 18.9 Å². The van der Waals surface area contributed by atoms with Gasteiger partial charge in [0, 0.05) is 12.5 Å². The summed E-state index contributed by atoms with van der Waals surface area (Å²) in [6, 6.07) is 0.792. The summed E-state index contributed by atoms with van der Waals surface area (Å²) in [6.07, 6.45) is 34.8. The lowest BCUT2D eigenvalue weighted by molar-refractivity contribution is -0.140. The zero-order valence-corrected chi connectivity index (χ0v) is 23.8. The molecule has 3 nitrogen and oxygen atoms in total. The predicted octanol–water partition coefficient (Wildman–Crippen LogP) is 9.64. The first kappa shape index (κ1) is 33.2. The minimum Gasteiger partial charge on any atom is -0.469 e. The number of methoxy groups -OCH3 is 1. The molecule has 0 aliphatic rings. The van der Waals surface area contributed by atoms with Gasteiger partial charge in [0.2, 0.25) is 0 Å². The van der Waals surface area contributed by atoms with E-state index in [1.165, 1.54) is 136 Å². The molecule has 0 aromatic rings. The summed E-state index contributed by atoms with van der Waals surface area (Å²) in [7, 11) is 6.01. The van der Waals surface area contributed by atoms with E-state index in [1.807, 2.05) is 0 Å². The fraction of sp³-hybridized carbons (Fsp3) is 0.903. The van der Waals surface area contributed by atoms with Gasteiger partial charge >= 0.3 is 5.97 Å². The molecule has 0 spiro atoms. The van der Waals surface area contributed by atoms with Gasteiger partial charge in [0.05, 0.1) is 7.11 Å². The molecule has 0 aromatic heterocycles. The van der Waals surface area contributed by atoms with E-state index < -0.39 is 0 Å². The number of allylic oxidation sites excluding steroid dienone is 2. The second-order valence-electron chi connectivity index (χ2n) is 10.6. The molecule has 202 valence electrons. The maximum Gasteiger partial charge on any atom is 0.305 e. The van der Waals surface area contributed by atoms with Crippen molar-refractivity contribution < 1.29 is 9.53 Å². The van der Waals surface area contributed by atoms with Crippen LogP contribution in [0.1, 0.15) is 155 Å². The highest BCUT2D eigenvalue weighted by Gasteiger charge is 2.10. The Labute approximate surface area is 214 Å². The molecule has 0 fully saturated rings. The number of carbonyl (C=O) groups excluding carboxylic acids is 1. The van der Waals surface area contributed by atoms with Crippen LogP contribution in [-0.2, 0) is 9.53 Å². The molecule has 0 rings (SSSR count). The number of hydrogen-bond donors (Lipinski definition) is 0. The van der Waals surface area contributed by atoms with Crippen LogP contribution in [0.25, 0.3) is 0 Å². The van der Waals surface area contributed by atoms with Gasteiger partial charge in [0.1, 0.15) is 0 Å². The van der Waals surface area contributed by atoms with Gasteiger partial charge in [0.15, 0.2) is 0 Å². The third kappa shape index (κ3) is 24.3. The number of carbonyl (C=O) groups is 1. The van der Waals surface area contributed by atoms with Gasteiger partial charge in [0.25, 0.3) is 0 Å². The van der Waals surface area contributed by atoms with Gasteiger partial charge in [-0.2, -0.15) is 0 Å². The van der Waals surface area contributed by atoms with E-state index in [0.29, 0.717) is 6.42 Å². The maximum absolute atomic E-state index is 11.0. The van der Waals surface area contributed by atoms with Crippen molar-refractivity contribution in [2.45, 2.75) is 161 Å². The lowest BCUT2D eigenvalue weighted by atomic mass is 9.99. The Kier molecular flexibility index (Phi) is 26.1. The SMILES string of the molecule is CCCCCCCCCC(CCCCCCCC/C=C\CCCCCCCC(=O)OC)N(C)C. The van der Waals surface area contributed by atoms with Crippen LogP contribution < -0.4 is 0 Å². The van der Waals surface area contributed by atoms with Gasteiger partial charge in [-0.1, -0.05) is 115 Å². The Morgan fingerprint density at radius 2 is 1.06 bits per heavy atom. The molecule has 0 bridgehead atoms. The molecule has 1 atom stereocenters. The van der Waals surface area contributed by atoms with Crippen molar-refractivity contribution in [1.29, 1.82) is 0 Å². The molecule has 0 saturated heterocycles. The van der Waals surface area contributed by atoms with Crippen molar-refractivity contribution in [3.63, 3.8) is 0 Å². The van der Waals surface area contributed by atoms with Crippen molar-refractivity contribution in [2.75, 3.05) is 21.2 Å². The van der Waals surface area contributed by atoms with Gasteiger partial charge < -0.3 is 9.64 Å². The van der Waals surface area contributed by atoms with E-state index in [-0.39, 0.29) is 5.97 Å².